The van der Waals surface area contributed by atoms with Crippen LogP contribution in [0.25, 0.3) is 0 Å². The third-order valence-corrected chi connectivity index (χ3v) is 3.76. The summed E-state index contributed by atoms with van der Waals surface area (Å²) in [6.45, 7) is 6.16. The van der Waals surface area contributed by atoms with E-state index in [0.717, 1.165) is 32.4 Å². The van der Waals surface area contributed by atoms with Crippen LogP contribution in [0.3, 0.4) is 0 Å². The minimum Gasteiger partial charge on any atom is -0.394 e. The van der Waals surface area contributed by atoms with E-state index in [1.807, 2.05) is 11.8 Å². The lowest BCUT2D eigenvalue weighted by atomic mass is 9.97. The molecule has 1 atom stereocenters. The van der Waals surface area contributed by atoms with E-state index in [-0.39, 0.29) is 12.1 Å². The zero-order valence-electron chi connectivity index (χ0n) is 10.9. The Bertz CT molecular complexity index is 158. The Kier molecular flexibility index (Phi) is 10.5. The van der Waals surface area contributed by atoms with Gasteiger partial charge >= 0.3 is 0 Å². The third-order valence-electron chi connectivity index (χ3n) is 2.61. The Labute approximate surface area is 104 Å². The molecule has 2 N–H and O–H groups in total. The SMILES string of the molecule is CCNC(C)(CO)CCCSCCCOC. The van der Waals surface area contributed by atoms with Gasteiger partial charge in [0.05, 0.1) is 6.61 Å². The maximum Gasteiger partial charge on any atom is 0.0610 e. The van der Waals surface area contributed by atoms with Gasteiger partial charge in [0.15, 0.2) is 0 Å². The topological polar surface area (TPSA) is 41.5 Å². The number of nitrogens with one attached hydrogen (secondary N) is 1. The lowest BCUT2D eigenvalue weighted by Gasteiger charge is -2.28. The molecule has 0 heterocycles. The van der Waals surface area contributed by atoms with Gasteiger partial charge in [-0.05, 0) is 44.2 Å². The average molecular weight is 249 g/mol. The molecule has 0 aliphatic rings. The molecule has 0 aliphatic heterocycles. The lowest BCUT2D eigenvalue weighted by Crippen LogP contribution is -2.45. The smallest absolute Gasteiger partial charge is 0.0610 e. The maximum absolute atomic E-state index is 9.30. The first-order chi connectivity index (χ1) is 7.68. The van der Waals surface area contributed by atoms with Crippen molar-refractivity contribution in [3.8, 4) is 0 Å². The molecule has 0 amide bonds. The van der Waals surface area contributed by atoms with Crippen LogP contribution in [-0.2, 0) is 4.74 Å². The fourth-order valence-corrected chi connectivity index (χ4v) is 2.50. The van der Waals surface area contributed by atoms with E-state index in [0.29, 0.717) is 0 Å². The summed E-state index contributed by atoms with van der Waals surface area (Å²) < 4.78 is 5.00. The highest BCUT2D eigenvalue weighted by Crippen LogP contribution is 2.14. The monoisotopic (exact) mass is 249 g/mol. The first kappa shape index (κ1) is 16.2. The van der Waals surface area contributed by atoms with Gasteiger partial charge in [-0.1, -0.05) is 6.92 Å². The molecule has 16 heavy (non-hydrogen) atoms. The first-order valence-corrected chi connectivity index (χ1v) is 7.26. The second-order valence-corrected chi connectivity index (χ2v) is 5.54. The van der Waals surface area contributed by atoms with E-state index >= 15 is 0 Å². The van der Waals surface area contributed by atoms with Crippen LogP contribution in [-0.4, -0.2) is 49.0 Å². The number of methoxy groups -OCH3 is 1. The van der Waals surface area contributed by atoms with Crippen LogP contribution in [0.1, 0.15) is 33.1 Å². The van der Waals surface area contributed by atoms with Crippen molar-refractivity contribution in [3.05, 3.63) is 0 Å². The van der Waals surface area contributed by atoms with Crippen molar-refractivity contribution >= 4 is 11.8 Å². The summed E-state index contributed by atoms with van der Waals surface area (Å²) in [5.74, 6) is 2.34. The predicted molar refractivity (Wildman–Crippen MR) is 72.2 cm³/mol. The Hall–Kier alpha value is 0.230. The number of aliphatic hydroxyl groups is 1. The van der Waals surface area contributed by atoms with Gasteiger partial charge in [0.1, 0.15) is 0 Å². The largest absolute Gasteiger partial charge is 0.394 e. The number of hydrogen-bond acceptors (Lipinski definition) is 4. The number of ether oxygens (including phenoxy) is 1. The van der Waals surface area contributed by atoms with E-state index in [2.05, 4.69) is 19.2 Å². The summed E-state index contributed by atoms with van der Waals surface area (Å²) in [6, 6.07) is 0. The van der Waals surface area contributed by atoms with Crippen LogP contribution in [0, 0.1) is 0 Å². The molecule has 1 unspecified atom stereocenters. The minimum atomic E-state index is -0.0954. The predicted octanol–water partition coefficient (Wildman–Crippen LogP) is 1.90. The zero-order valence-corrected chi connectivity index (χ0v) is 11.7. The number of hydrogen-bond donors (Lipinski definition) is 2. The van der Waals surface area contributed by atoms with Gasteiger partial charge in [-0.15, -0.1) is 0 Å². The van der Waals surface area contributed by atoms with Crippen LogP contribution < -0.4 is 5.32 Å². The van der Waals surface area contributed by atoms with Gasteiger partial charge in [-0.25, -0.2) is 0 Å². The lowest BCUT2D eigenvalue weighted by molar-refractivity contribution is 0.167. The molecule has 0 bridgehead atoms. The Morgan fingerprint density at radius 1 is 1.31 bits per heavy atom. The Morgan fingerprint density at radius 3 is 2.56 bits per heavy atom. The molecule has 98 valence electrons. The molecule has 0 aliphatic carbocycles. The van der Waals surface area contributed by atoms with Crippen molar-refractivity contribution in [1.82, 2.24) is 5.32 Å². The van der Waals surface area contributed by atoms with Crippen LogP contribution in [0.4, 0.5) is 0 Å². The van der Waals surface area contributed by atoms with Crippen molar-refractivity contribution in [2.45, 2.75) is 38.6 Å². The van der Waals surface area contributed by atoms with Crippen molar-refractivity contribution < 1.29 is 9.84 Å². The van der Waals surface area contributed by atoms with Crippen LogP contribution in [0.2, 0.25) is 0 Å². The molecule has 0 saturated heterocycles. The van der Waals surface area contributed by atoms with Gasteiger partial charge in [0.25, 0.3) is 0 Å². The normalized spacial score (nSPS) is 15.0. The van der Waals surface area contributed by atoms with Crippen molar-refractivity contribution in [1.29, 1.82) is 0 Å². The van der Waals surface area contributed by atoms with Gasteiger partial charge in [-0.3, -0.25) is 0 Å². The summed E-state index contributed by atoms with van der Waals surface area (Å²) >= 11 is 1.97. The quantitative estimate of drug-likeness (QED) is 0.549. The van der Waals surface area contributed by atoms with Crippen molar-refractivity contribution in [3.63, 3.8) is 0 Å². The van der Waals surface area contributed by atoms with Crippen LogP contribution in [0.5, 0.6) is 0 Å². The van der Waals surface area contributed by atoms with Gasteiger partial charge in [0.2, 0.25) is 0 Å². The molecule has 0 saturated carbocycles. The minimum absolute atomic E-state index is 0.0954. The highest BCUT2D eigenvalue weighted by atomic mass is 32.2. The van der Waals surface area contributed by atoms with Crippen molar-refractivity contribution in [2.24, 2.45) is 0 Å². The highest BCUT2D eigenvalue weighted by molar-refractivity contribution is 7.99. The summed E-state index contributed by atoms with van der Waals surface area (Å²) in [5, 5.41) is 12.6. The number of thioether (sulfide) groups is 1. The summed E-state index contributed by atoms with van der Waals surface area (Å²) in [7, 11) is 1.74. The molecule has 0 spiro atoms. The summed E-state index contributed by atoms with van der Waals surface area (Å²) in [6.07, 6.45) is 3.32. The molecule has 0 aromatic rings. The molecular formula is C12H27NO2S. The van der Waals surface area contributed by atoms with Crippen molar-refractivity contribution in [2.75, 3.05) is 38.4 Å². The molecule has 3 nitrogen and oxygen atoms in total. The molecule has 4 heteroatoms. The fraction of sp³-hybridized carbons (Fsp3) is 1.00. The summed E-state index contributed by atoms with van der Waals surface area (Å²) in [5.41, 5.74) is -0.0954. The van der Waals surface area contributed by atoms with Crippen LogP contribution in [0.15, 0.2) is 0 Å². The van der Waals surface area contributed by atoms with Gasteiger partial charge in [0, 0.05) is 19.3 Å². The zero-order chi connectivity index (χ0) is 12.3. The Balaban J connectivity index is 3.41. The second kappa shape index (κ2) is 10.4. The second-order valence-electron chi connectivity index (χ2n) is 4.31. The first-order valence-electron chi connectivity index (χ1n) is 6.11. The van der Waals surface area contributed by atoms with E-state index in [9.17, 15) is 5.11 Å². The molecular weight excluding hydrogens is 222 g/mol. The standard InChI is InChI=1S/C12H27NO2S/c1-4-13-12(2,11-14)7-5-9-16-10-6-8-15-3/h13-14H,4-11H2,1-3H3. The molecule has 0 aromatic carbocycles. The number of rotatable bonds is 11. The van der Waals surface area contributed by atoms with Gasteiger partial charge in [-0.2, -0.15) is 11.8 Å². The van der Waals surface area contributed by atoms with E-state index in [4.69, 9.17) is 4.74 Å². The van der Waals surface area contributed by atoms with E-state index < -0.39 is 0 Å². The fourth-order valence-electron chi connectivity index (χ4n) is 1.62. The Morgan fingerprint density at radius 2 is 2.00 bits per heavy atom. The van der Waals surface area contributed by atoms with Crippen LogP contribution >= 0.6 is 11.8 Å². The molecule has 0 fully saturated rings. The van der Waals surface area contributed by atoms with E-state index in [1.165, 1.54) is 11.5 Å². The molecule has 0 aromatic heterocycles. The highest BCUT2D eigenvalue weighted by Gasteiger charge is 2.20. The molecule has 0 radical (unpaired) electrons. The van der Waals surface area contributed by atoms with Gasteiger partial charge < -0.3 is 15.2 Å². The van der Waals surface area contributed by atoms with E-state index in [1.54, 1.807) is 7.11 Å². The molecule has 0 rings (SSSR count). The number of likely N-dealkylation sites (N-methyl/N-ethyl adjacent to an activating group) is 1. The maximum atomic E-state index is 9.30. The number of aliphatic hydroxyl groups excluding tert-OH is 1. The average Bonchev–Trinajstić information content (AvgIpc) is 2.28. The third kappa shape index (κ3) is 8.39. The summed E-state index contributed by atoms with van der Waals surface area (Å²) in [4.78, 5) is 0.